The third kappa shape index (κ3) is 4.93. The number of anilines is 2. The van der Waals surface area contributed by atoms with Gasteiger partial charge < -0.3 is 15.1 Å². The molecule has 1 N–H and O–H groups in total. The molecule has 0 radical (unpaired) electrons. The minimum Gasteiger partial charge on any atom is -0.368 e. The summed E-state index contributed by atoms with van der Waals surface area (Å²) in [4.78, 5) is 9.18. The van der Waals surface area contributed by atoms with Crippen LogP contribution < -0.4 is 10.2 Å². The molecule has 0 aliphatic carbocycles. The van der Waals surface area contributed by atoms with Crippen LogP contribution in [0, 0.1) is 0 Å². The zero-order valence-electron chi connectivity index (χ0n) is 14.3. The molecule has 1 aromatic heterocycles. The lowest BCUT2D eigenvalue weighted by Crippen LogP contribution is -2.46. The molecule has 0 bridgehead atoms. The Morgan fingerprint density at radius 2 is 1.96 bits per heavy atom. The van der Waals surface area contributed by atoms with Crippen LogP contribution in [0.15, 0.2) is 24.4 Å². The summed E-state index contributed by atoms with van der Waals surface area (Å²) in [5.74, 6) is 1.42. The smallest absolute Gasteiger partial charge is 0.247 e. The monoisotopic (exact) mass is 380 g/mol. The lowest BCUT2D eigenvalue weighted by molar-refractivity contribution is 0.269. The third-order valence-electron chi connectivity index (χ3n) is 4.37. The fourth-order valence-electron chi connectivity index (χ4n) is 2.83. The van der Waals surface area contributed by atoms with E-state index in [9.17, 15) is 0 Å². The highest BCUT2D eigenvalue weighted by molar-refractivity contribution is 6.35. The van der Waals surface area contributed by atoms with Crippen LogP contribution in [0.5, 0.6) is 0 Å². The van der Waals surface area contributed by atoms with E-state index in [1.807, 2.05) is 12.1 Å². The average Bonchev–Trinajstić information content (AvgIpc) is 2.64. The zero-order valence-corrected chi connectivity index (χ0v) is 15.8. The van der Waals surface area contributed by atoms with Gasteiger partial charge in [0.2, 0.25) is 5.95 Å². The molecule has 2 heterocycles. The molecule has 0 unspecified atom stereocenters. The van der Waals surface area contributed by atoms with Crippen LogP contribution in [0.4, 0.5) is 11.8 Å². The first kappa shape index (κ1) is 18.2. The number of nitrogens with zero attached hydrogens (tertiary/aromatic N) is 5. The minimum absolute atomic E-state index is 0.648. The van der Waals surface area contributed by atoms with Crippen LogP contribution in [0.1, 0.15) is 12.5 Å². The van der Waals surface area contributed by atoms with Crippen LogP contribution in [-0.2, 0) is 6.42 Å². The van der Waals surface area contributed by atoms with Crippen molar-refractivity contribution in [1.82, 2.24) is 20.1 Å². The van der Waals surface area contributed by atoms with E-state index in [0.29, 0.717) is 22.5 Å². The molecule has 0 amide bonds. The predicted molar refractivity (Wildman–Crippen MR) is 103 cm³/mol. The van der Waals surface area contributed by atoms with Gasteiger partial charge in [0.15, 0.2) is 5.82 Å². The van der Waals surface area contributed by atoms with Gasteiger partial charge in [0.05, 0.1) is 6.20 Å². The van der Waals surface area contributed by atoms with Crippen LogP contribution in [0.3, 0.4) is 0 Å². The van der Waals surface area contributed by atoms with Crippen LogP contribution >= 0.6 is 23.2 Å². The second-order valence-corrected chi connectivity index (χ2v) is 6.82. The fraction of sp³-hybridized carbons (Fsp3) is 0.471. The Hall–Kier alpha value is -1.63. The van der Waals surface area contributed by atoms with Gasteiger partial charge in [-0.05, 0) is 30.7 Å². The van der Waals surface area contributed by atoms with Gasteiger partial charge in [-0.3, -0.25) is 0 Å². The minimum atomic E-state index is 0.648. The number of rotatable bonds is 6. The van der Waals surface area contributed by atoms with Crippen molar-refractivity contribution in [3.8, 4) is 0 Å². The van der Waals surface area contributed by atoms with Gasteiger partial charge >= 0.3 is 0 Å². The van der Waals surface area contributed by atoms with Gasteiger partial charge in [0.25, 0.3) is 0 Å². The van der Waals surface area contributed by atoms with Gasteiger partial charge in [0.1, 0.15) is 0 Å². The van der Waals surface area contributed by atoms with Crippen LogP contribution in [0.2, 0.25) is 10.0 Å². The van der Waals surface area contributed by atoms with Crippen molar-refractivity contribution in [2.45, 2.75) is 13.3 Å². The summed E-state index contributed by atoms with van der Waals surface area (Å²) >= 11 is 12.1. The molecule has 2 aromatic rings. The molecule has 1 saturated heterocycles. The first-order valence-corrected chi connectivity index (χ1v) is 9.26. The highest BCUT2D eigenvalue weighted by Crippen LogP contribution is 2.21. The molecule has 1 aromatic carbocycles. The summed E-state index contributed by atoms with van der Waals surface area (Å²) < 4.78 is 0. The molecule has 134 valence electrons. The fourth-order valence-corrected chi connectivity index (χ4v) is 3.33. The zero-order chi connectivity index (χ0) is 17.6. The number of hydrogen-bond donors (Lipinski definition) is 1. The van der Waals surface area contributed by atoms with Crippen molar-refractivity contribution in [2.24, 2.45) is 0 Å². The standard InChI is InChI=1S/C17H22Cl2N6/c1-2-24-7-9-25(10-8-24)17-22-16(12-21-23-17)20-6-5-13-3-4-14(18)11-15(13)19/h3-4,11-12H,2,5-10H2,1H3,(H,20,22,23). The summed E-state index contributed by atoms with van der Waals surface area (Å²) in [7, 11) is 0. The average molecular weight is 381 g/mol. The predicted octanol–water partition coefficient (Wildman–Crippen LogP) is 2.97. The van der Waals surface area contributed by atoms with E-state index in [1.165, 1.54) is 0 Å². The van der Waals surface area contributed by atoms with E-state index in [-0.39, 0.29) is 0 Å². The quantitative estimate of drug-likeness (QED) is 0.830. The molecule has 3 rings (SSSR count). The molecular formula is C17H22Cl2N6. The van der Waals surface area contributed by atoms with Crippen molar-refractivity contribution in [3.05, 3.63) is 40.0 Å². The van der Waals surface area contributed by atoms with E-state index in [2.05, 4.69) is 37.2 Å². The number of piperazine rings is 1. The van der Waals surface area contributed by atoms with Crippen molar-refractivity contribution >= 4 is 35.0 Å². The Morgan fingerprint density at radius 1 is 1.16 bits per heavy atom. The molecule has 0 spiro atoms. The molecule has 25 heavy (non-hydrogen) atoms. The molecule has 0 atom stereocenters. The topological polar surface area (TPSA) is 57.2 Å². The Kier molecular flexibility index (Phi) is 6.29. The number of halogens is 2. The Balaban J connectivity index is 1.55. The van der Waals surface area contributed by atoms with Crippen molar-refractivity contribution < 1.29 is 0 Å². The molecule has 0 saturated carbocycles. The summed E-state index contributed by atoms with van der Waals surface area (Å²) in [5.41, 5.74) is 1.05. The SMILES string of the molecule is CCN1CCN(c2nncc(NCCc3ccc(Cl)cc3Cl)n2)CC1. The van der Waals surface area contributed by atoms with Gasteiger partial charge in [-0.25, -0.2) is 0 Å². The lowest BCUT2D eigenvalue weighted by Gasteiger charge is -2.33. The largest absolute Gasteiger partial charge is 0.368 e. The first-order chi connectivity index (χ1) is 12.2. The maximum Gasteiger partial charge on any atom is 0.247 e. The van der Waals surface area contributed by atoms with E-state index < -0.39 is 0 Å². The number of hydrogen-bond acceptors (Lipinski definition) is 6. The summed E-state index contributed by atoms with van der Waals surface area (Å²) in [5, 5.41) is 12.9. The van der Waals surface area contributed by atoms with Gasteiger partial charge in [-0.1, -0.05) is 36.2 Å². The Bertz CT molecular complexity index is 703. The van der Waals surface area contributed by atoms with Gasteiger partial charge in [0, 0.05) is 42.8 Å². The second-order valence-electron chi connectivity index (χ2n) is 5.98. The van der Waals surface area contributed by atoms with Crippen LogP contribution in [-0.4, -0.2) is 59.3 Å². The number of likely N-dealkylation sites (N-methyl/N-ethyl adjacent to an activating group) is 1. The van der Waals surface area contributed by atoms with E-state index in [1.54, 1.807) is 12.3 Å². The Morgan fingerprint density at radius 3 is 2.68 bits per heavy atom. The summed E-state index contributed by atoms with van der Waals surface area (Å²) in [6.45, 7) is 7.91. The van der Waals surface area contributed by atoms with Gasteiger partial charge in [-0.2, -0.15) is 10.1 Å². The molecule has 6 nitrogen and oxygen atoms in total. The summed E-state index contributed by atoms with van der Waals surface area (Å²) in [6.07, 6.45) is 2.43. The van der Waals surface area contributed by atoms with Crippen molar-refractivity contribution in [3.63, 3.8) is 0 Å². The lowest BCUT2D eigenvalue weighted by atomic mass is 10.1. The number of nitrogens with one attached hydrogen (secondary N) is 1. The molecule has 8 heteroatoms. The van der Waals surface area contributed by atoms with Crippen molar-refractivity contribution in [2.75, 3.05) is 49.5 Å². The normalized spacial score (nSPS) is 15.4. The van der Waals surface area contributed by atoms with E-state index >= 15 is 0 Å². The second kappa shape index (κ2) is 8.65. The molecule has 1 aliphatic heterocycles. The summed E-state index contributed by atoms with van der Waals surface area (Å²) in [6, 6.07) is 5.56. The number of aromatic nitrogens is 3. The first-order valence-electron chi connectivity index (χ1n) is 8.50. The third-order valence-corrected chi connectivity index (χ3v) is 4.95. The van der Waals surface area contributed by atoms with Crippen molar-refractivity contribution in [1.29, 1.82) is 0 Å². The highest BCUT2D eigenvalue weighted by atomic mass is 35.5. The maximum absolute atomic E-state index is 6.20. The van der Waals surface area contributed by atoms with E-state index in [4.69, 9.17) is 23.2 Å². The maximum atomic E-state index is 6.20. The molecule has 1 fully saturated rings. The Labute approximate surface area is 158 Å². The van der Waals surface area contributed by atoms with E-state index in [0.717, 1.165) is 50.5 Å². The molecular weight excluding hydrogens is 359 g/mol. The number of benzene rings is 1. The van der Waals surface area contributed by atoms with Gasteiger partial charge in [-0.15, -0.1) is 5.10 Å². The van der Waals surface area contributed by atoms with Crippen LogP contribution in [0.25, 0.3) is 0 Å². The highest BCUT2D eigenvalue weighted by Gasteiger charge is 2.18. The molecule has 1 aliphatic rings.